The van der Waals surface area contributed by atoms with E-state index in [1.807, 2.05) is 6.07 Å². The molecule has 6 heterocycles. The van der Waals surface area contributed by atoms with E-state index in [0.717, 1.165) is 117 Å². The van der Waals surface area contributed by atoms with Gasteiger partial charge in [0.05, 0.1) is 78.3 Å². The van der Waals surface area contributed by atoms with Crippen molar-refractivity contribution >= 4 is 109 Å². The number of para-hydroxylation sites is 6. The molecule has 0 atom stereocenters. The molecule has 7 nitrogen and oxygen atoms in total. The summed E-state index contributed by atoms with van der Waals surface area (Å²) in [4.78, 5) is 16.1. The zero-order valence-corrected chi connectivity index (χ0v) is 65.3. The summed E-state index contributed by atoms with van der Waals surface area (Å²) in [6, 6.07) is 159. The van der Waals surface area contributed by atoms with Crippen LogP contribution in [0.5, 0.6) is 0 Å². The summed E-state index contributed by atoms with van der Waals surface area (Å²) in [5, 5.41) is 14.5. The molecule has 0 aliphatic heterocycles. The zero-order valence-electron chi connectivity index (χ0n) is 65.3. The van der Waals surface area contributed by atoms with Crippen LogP contribution in [0.15, 0.2) is 443 Å². The molecule has 0 fully saturated rings. The lowest BCUT2D eigenvalue weighted by atomic mass is 9.96. The minimum atomic E-state index is 0.689. The highest BCUT2D eigenvalue weighted by Crippen LogP contribution is 2.48. The van der Waals surface area contributed by atoms with Crippen LogP contribution >= 0.6 is 0 Å². The first-order chi connectivity index (χ1) is 59.6. The van der Waals surface area contributed by atoms with Gasteiger partial charge in [-0.25, -0.2) is 15.0 Å². The Kier molecular flexibility index (Phi) is 16.8. The second kappa shape index (κ2) is 29.0. The van der Waals surface area contributed by atoms with Crippen molar-refractivity contribution in [3.63, 3.8) is 0 Å². The molecule has 18 aromatic carbocycles. The fourth-order valence-corrected chi connectivity index (χ4v) is 18.7. The monoisotopic (exact) mass is 1530 g/mol. The SMILES string of the molecule is c1ccc(-c2cc(-c3ccccc3-c3ccccc3)nc(-c3cccc4c(-n5c6ccccc6c6c7c8ccccc8n(-c8ccccc8)c7ccc65)cccc34)n2)cc1.c1ccc(-c2cccc(-c3cc(-c4ccccc4)nc(-c4cc(-n5c6ccccc6c6c7c8ccccc8n(-c8ccccc8)c7ccc65)c5ccccc5c4)c3)c2)cc1. The molecular weight excluding hydrogens is 1460 g/mol. The average Bonchev–Trinajstić information content (AvgIpc) is 1.54. The van der Waals surface area contributed by atoms with Crippen molar-refractivity contribution in [2.24, 2.45) is 0 Å². The normalized spacial score (nSPS) is 11.7. The second-order valence-corrected chi connectivity index (χ2v) is 30.9. The summed E-state index contributed by atoms with van der Waals surface area (Å²) in [5.41, 5.74) is 29.8. The van der Waals surface area contributed by atoms with Crippen molar-refractivity contribution in [3.8, 4) is 113 Å². The van der Waals surface area contributed by atoms with Crippen LogP contribution < -0.4 is 0 Å². The third kappa shape index (κ3) is 11.7. The van der Waals surface area contributed by atoms with Crippen LogP contribution in [-0.2, 0) is 0 Å². The molecule has 0 amide bonds. The Labute approximate surface area is 692 Å². The Bertz CT molecular complexity index is 8120. The highest BCUT2D eigenvalue weighted by molar-refractivity contribution is 6.31. The van der Waals surface area contributed by atoms with Crippen LogP contribution in [0, 0.1) is 0 Å². The quantitative estimate of drug-likeness (QED) is 0.122. The largest absolute Gasteiger partial charge is 0.309 e. The first kappa shape index (κ1) is 69.4. The molecule has 0 saturated carbocycles. The van der Waals surface area contributed by atoms with Crippen LogP contribution in [0.1, 0.15) is 0 Å². The van der Waals surface area contributed by atoms with Gasteiger partial charge >= 0.3 is 0 Å². The standard InChI is InChI=1S/C57H37N3.C56H36N4/c1-4-17-38(18-5-1)40-22-16-23-41(33-40)43-35-49(39-19-6-2-7-20-39)58-50(36-43)44-34-42-21-10-11-26-46(42)55(37-44)60-52-30-15-13-28-48(52)57-54(60)32-31-53-56(57)47-27-12-14-29-51(47)59(53)45-24-8-3-9-25-45;1-4-18-37(19-5-1)40-24-10-11-25-42(40)48-36-47(38-20-6-2-7-21-38)57-56(58-48)44-30-16-29-43-41(44)28-17-33-49(43)60-51-32-15-13-27-46(51)55-53(60)35-34-52-54(55)45-26-12-14-31-50(45)59(52)39-22-8-3-9-23-39/h1-37H;1-36H. The summed E-state index contributed by atoms with van der Waals surface area (Å²) in [6.45, 7) is 0. The average molecular weight is 1530 g/mol. The Morgan fingerprint density at radius 1 is 0.158 bits per heavy atom. The van der Waals surface area contributed by atoms with Crippen molar-refractivity contribution in [3.05, 3.63) is 443 Å². The molecule has 0 N–H and O–H groups in total. The number of pyridine rings is 1. The highest BCUT2D eigenvalue weighted by atomic mass is 15.0. The van der Waals surface area contributed by atoms with Crippen LogP contribution in [0.3, 0.4) is 0 Å². The fraction of sp³-hybridized carbons (Fsp3) is 0. The molecule has 0 saturated heterocycles. The third-order valence-corrected chi connectivity index (χ3v) is 24.0. The molecule has 0 aliphatic rings. The van der Waals surface area contributed by atoms with E-state index >= 15 is 0 Å². The van der Waals surface area contributed by atoms with Gasteiger partial charge in [0.25, 0.3) is 0 Å². The minimum Gasteiger partial charge on any atom is -0.309 e. The molecule has 0 spiro atoms. The molecule has 0 aliphatic carbocycles. The fourth-order valence-electron chi connectivity index (χ4n) is 18.7. The molecule has 6 aromatic heterocycles. The van der Waals surface area contributed by atoms with Gasteiger partial charge in [-0.3, -0.25) is 0 Å². The maximum absolute atomic E-state index is 5.43. The molecule has 0 bridgehead atoms. The molecule has 120 heavy (non-hydrogen) atoms. The number of benzene rings is 18. The molecule has 0 radical (unpaired) electrons. The summed E-state index contributed by atoms with van der Waals surface area (Å²) in [6.07, 6.45) is 0. The maximum Gasteiger partial charge on any atom is 0.161 e. The Hall–Kier alpha value is -16.1. The number of fused-ring (bicyclic) bond motifs is 16. The van der Waals surface area contributed by atoms with Crippen LogP contribution in [0.2, 0.25) is 0 Å². The number of nitrogens with zero attached hydrogens (tertiary/aromatic N) is 7. The van der Waals surface area contributed by atoms with Crippen molar-refractivity contribution in [1.82, 2.24) is 33.2 Å². The van der Waals surface area contributed by atoms with Gasteiger partial charge in [0, 0.05) is 93.1 Å². The van der Waals surface area contributed by atoms with E-state index in [-0.39, 0.29) is 0 Å². The van der Waals surface area contributed by atoms with E-state index in [9.17, 15) is 0 Å². The Balaban J connectivity index is 0.000000140. The summed E-state index contributed by atoms with van der Waals surface area (Å²) >= 11 is 0. The van der Waals surface area contributed by atoms with E-state index in [1.54, 1.807) is 0 Å². The van der Waals surface area contributed by atoms with Gasteiger partial charge in [0.1, 0.15) is 0 Å². The maximum atomic E-state index is 5.43. The van der Waals surface area contributed by atoms with Gasteiger partial charge in [-0.2, -0.15) is 0 Å². The molecular formula is C113H73N7. The topological polar surface area (TPSA) is 58.4 Å². The van der Waals surface area contributed by atoms with Gasteiger partial charge in [-0.15, -0.1) is 0 Å². The van der Waals surface area contributed by atoms with E-state index in [0.29, 0.717) is 5.82 Å². The first-order valence-corrected chi connectivity index (χ1v) is 41.0. The number of aromatic nitrogens is 7. The van der Waals surface area contributed by atoms with Gasteiger partial charge < -0.3 is 18.3 Å². The molecule has 24 rings (SSSR count). The number of rotatable bonds is 12. The molecule has 0 unspecified atom stereocenters. The lowest BCUT2D eigenvalue weighted by Gasteiger charge is -2.16. The van der Waals surface area contributed by atoms with Crippen molar-refractivity contribution < 1.29 is 0 Å². The smallest absolute Gasteiger partial charge is 0.161 e. The predicted molar refractivity (Wildman–Crippen MR) is 502 cm³/mol. The summed E-state index contributed by atoms with van der Waals surface area (Å²) < 4.78 is 9.74. The van der Waals surface area contributed by atoms with Crippen molar-refractivity contribution in [1.29, 1.82) is 0 Å². The van der Waals surface area contributed by atoms with E-state index in [4.69, 9.17) is 15.0 Å². The lowest BCUT2D eigenvalue weighted by molar-refractivity contribution is 1.18. The van der Waals surface area contributed by atoms with Gasteiger partial charge in [0.2, 0.25) is 0 Å². The molecule has 560 valence electrons. The van der Waals surface area contributed by atoms with Gasteiger partial charge in [0.15, 0.2) is 5.82 Å². The van der Waals surface area contributed by atoms with Crippen LogP contribution in [0.4, 0.5) is 0 Å². The number of hydrogen-bond donors (Lipinski definition) is 0. The number of hydrogen-bond acceptors (Lipinski definition) is 3. The Morgan fingerprint density at radius 3 is 1.06 bits per heavy atom. The Morgan fingerprint density at radius 2 is 0.517 bits per heavy atom. The first-order valence-electron chi connectivity index (χ1n) is 41.0. The zero-order chi connectivity index (χ0) is 79.1. The van der Waals surface area contributed by atoms with E-state index in [1.165, 1.54) is 98.2 Å². The molecule has 7 heteroatoms. The summed E-state index contributed by atoms with van der Waals surface area (Å²) in [5.74, 6) is 0.689. The van der Waals surface area contributed by atoms with Gasteiger partial charge in [-0.1, -0.05) is 328 Å². The minimum absolute atomic E-state index is 0.689. The predicted octanol–water partition coefficient (Wildman–Crippen LogP) is 29.6. The van der Waals surface area contributed by atoms with Crippen LogP contribution in [0.25, 0.3) is 221 Å². The van der Waals surface area contributed by atoms with Gasteiger partial charge in [-0.05, 0) is 159 Å². The third-order valence-electron chi connectivity index (χ3n) is 24.0. The van der Waals surface area contributed by atoms with Crippen molar-refractivity contribution in [2.75, 3.05) is 0 Å². The van der Waals surface area contributed by atoms with Crippen molar-refractivity contribution in [2.45, 2.75) is 0 Å². The summed E-state index contributed by atoms with van der Waals surface area (Å²) in [7, 11) is 0. The van der Waals surface area contributed by atoms with Crippen LogP contribution in [-0.4, -0.2) is 33.2 Å². The lowest BCUT2D eigenvalue weighted by Crippen LogP contribution is -1.99. The molecule has 24 aromatic rings. The van der Waals surface area contributed by atoms with E-state index < -0.39 is 0 Å². The second-order valence-electron chi connectivity index (χ2n) is 30.9. The van der Waals surface area contributed by atoms with E-state index in [2.05, 4.69) is 455 Å². The highest BCUT2D eigenvalue weighted by Gasteiger charge is 2.26.